The van der Waals surface area contributed by atoms with Crippen molar-refractivity contribution in [1.82, 2.24) is 5.32 Å². The summed E-state index contributed by atoms with van der Waals surface area (Å²) in [5.74, 6) is 0.367. The zero-order valence-electron chi connectivity index (χ0n) is 11.0. The summed E-state index contributed by atoms with van der Waals surface area (Å²) in [4.78, 5) is 23.4. The van der Waals surface area contributed by atoms with Gasteiger partial charge in [-0.15, -0.1) is 0 Å². The van der Waals surface area contributed by atoms with Gasteiger partial charge in [-0.3, -0.25) is 9.59 Å². The molecule has 1 aromatic carbocycles. The van der Waals surface area contributed by atoms with E-state index in [4.69, 9.17) is 4.74 Å². The van der Waals surface area contributed by atoms with Crippen LogP contribution in [0.2, 0.25) is 0 Å². The van der Waals surface area contributed by atoms with Crippen molar-refractivity contribution in [1.29, 1.82) is 0 Å². The van der Waals surface area contributed by atoms with Crippen LogP contribution in [0.5, 0.6) is 5.75 Å². The Morgan fingerprint density at radius 2 is 1.89 bits per heavy atom. The molecule has 1 N–H and O–H groups in total. The number of nitrogens with one attached hydrogen (secondary N) is 1. The van der Waals surface area contributed by atoms with Gasteiger partial charge in [-0.05, 0) is 26.0 Å². The number of carbonyl (C=O) groups excluding carboxylic acids is 2. The fourth-order valence-electron chi connectivity index (χ4n) is 1.63. The molecular weight excluding hydrogens is 230 g/mol. The van der Waals surface area contributed by atoms with Crippen LogP contribution < -0.4 is 10.1 Å². The first-order valence-electron chi connectivity index (χ1n) is 6.00. The second kappa shape index (κ2) is 6.79. The molecule has 0 unspecified atom stereocenters. The Labute approximate surface area is 107 Å². The van der Waals surface area contributed by atoms with Crippen LogP contribution in [0.4, 0.5) is 0 Å². The van der Waals surface area contributed by atoms with Crippen molar-refractivity contribution in [2.45, 2.75) is 32.7 Å². The highest BCUT2D eigenvalue weighted by Crippen LogP contribution is 2.19. The lowest BCUT2D eigenvalue weighted by Gasteiger charge is -2.09. The molecule has 0 bridgehead atoms. The lowest BCUT2D eigenvalue weighted by molar-refractivity contribution is -0.121. The van der Waals surface area contributed by atoms with Crippen molar-refractivity contribution in [2.24, 2.45) is 0 Å². The predicted octanol–water partition coefficient (Wildman–Crippen LogP) is 2.18. The Kier molecular flexibility index (Phi) is 5.36. The summed E-state index contributed by atoms with van der Waals surface area (Å²) < 4.78 is 5.12. The number of hydrogen-bond donors (Lipinski definition) is 1. The van der Waals surface area contributed by atoms with Crippen LogP contribution in [-0.4, -0.2) is 24.8 Å². The van der Waals surface area contributed by atoms with Crippen LogP contribution in [0.15, 0.2) is 24.3 Å². The highest BCUT2D eigenvalue weighted by atomic mass is 16.5. The molecule has 0 fully saturated rings. The van der Waals surface area contributed by atoms with E-state index < -0.39 is 0 Å². The molecule has 0 aliphatic heterocycles. The Balaban J connectivity index is 2.58. The fraction of sp³-hybridized carbons (Fsp3) is 0.429. The third-order valence-corrected chi connectivity index (χ3v) is 2.44. The molecule has 0 radical (unpaired) electrons. The maximum Gasteiger partial charge on any atom is 0.220 e. The summed E-state index contributed by atoms with van der Waals surface area (Å²) in [7, 11) is 1.53. The first kappa shape index (κ1) is 14.2. The molecule has 1 rings (SSSR count). The van der Waals surface area contributed by atoms with Gasteiger partial charge in [0, 0.05) is 18.9 Å². The summed E-state index contributed by atoms with van der Waals surface area (Å²) in [6.07, 6.45) is 0.397. The predicted molar refractivity (Wildman–Crippen MR) is 69.8 cm³/mol. The second-order valence-corrected chi connectivity index (χ2v) is 4.35. The number of amides is 1. The van der Waals surface area contributed by atoms with Crippen molar-refractivity contribution < 1.29 is 14.3 Å². The van der Waals surface area contributed by atoms with Gasteiger partial charge in [0.15, 0.2) is 5.78 Å². The number of rotatable bonds is 6. The van der Waals surface area contributed by atoms with Crippen molar-refractivity contribution in [3.8, 4) is 5.75 Å². The minimum Gasteiger partial charge on any atom is -0.496 e. The van der Waals surface area contributed by atoms with Crippen molar-refractivity contribution in [3.05, 3.63) is 29.8 Å². The van der Waals surface area contributed by atoms with Crippen LogP contribution in [0.25, 0.3) is 0 Å². The van der Waals surface area contributed by atoms with E-state index in [0.29, 0.717) is 11.3 Å². The van der Waals surface area contributed by atoms with Gasteiger partial charge in [-0.25, -0.2) is 0 Å². The largest absolute Gasteiger partial charge is 0.496 e. The molecule has 0 aliphatic rings. The van der Waals surface area contributed by atoms with E-state index in [2.05, 4.69) is 5.32 Å². The summed E-state index contributed by atoms with van der Waals surface area (Å²) in [6.45, 7) is 3.78. The highest BCUT2D eigenvalue weighted by molar-refractivity contribution is 6.00. The van der Waals surface area contributed by atoms with E-state index in [9.17, 15) is 9.59 Å². The van der Waals surface area contributed by atoms with Gasteiger partial charge in [0.1, 0.15) is 5.75 Å². The number of methoxy groups -OCH3 is 1. The SMILES string of the molecule is COc1ccccc1C(=O)CCC(=O)NC(C)C. The zero-order chi connectivity index (χ0) is 13.5. The average molecular weight is 249 g/mol. The van der Waals surface area contributed by atoms with E-state index >= 15 is 0 Å². The standard InChI is InChI=1S/C14H19NO3/c1-10(2)15-14(17)9-8-12(16)11-6-4-5-7-13(11)18-3/h4-7,10H,8-9H2,1-3H3,(H,15,17). The summed E-state index contributed by atoms with van der Waals surface area (Å²) in [5.41, 5.74) is 0.525. The normalized spacial score (nSPS) is 10.2. The van der Waals surface area contributed by atoms with Gasteiger partial charge < -0.3 is 10.1 Å². The van der Waals surface area contributed by atoms with E-state index in [0.717, 1.165) is 0 Å². The van der Waals surface area contributed by atoms with E-state index in [1.165, 1.54) is 7.11 Å². The number of para-hydroxylation sites is 1. The molecule has 0 spiro atoms. The molecule has 0 aromatic heterocycles. The molecule has 0 aliphatic carbocycles. The topological polar surface area (TPSA) is 55.4 Å². The fourth-order valence-corrected chi connectivity index (χ4v) is 1.63. The number of Topliss-reactive ketones (excluding diaryl/α,β-unsaturated/α-hetero) is 1. The number of ether oxygens (including phenoxy) is 1. The summed E-state index contributed by atoms with van der Waals surface area (Å²) in [5, 5.41) is 2.76. The Morgan fingerprint density at radius 3 is 2.50 bits per heavy atom. The first-order chi connectivity index (χ1) is 8.54. The number of ketones is 1. The Morgan fingerprint density at radius 1 is 1.22 bits per heavy atom. The molecule has 0 heterocycles. The number of carbonyl (C=O) groups is 2. The minimum atomic E-state index is -0.103. The molecule has 4 heteroatoms. The Bertz CT molecular complexity index is 427. The van der Waals surface area contributed by atoms with Crippen LogP contribution in [0, 0.1) is 0 Å². The number of hydrogen-bond acceptors (Lipinski definition) is 3. The molecule has 18 heavy (non-hydrogen) atoms. The van der Waals surface area contributed by atoms with Gasteiger partial charge in [0.2, 0.25) is 5.91 Å². The molecule has 4 nitrogen and oxygen atoms in total. The van der Waals surface area contributed by atoms with Crippen LogP contribution in [-0.2, 0) is 4.79 Å². The van der Waals surface area contributed by atoms with Gasteiger partial charge in [-0.2, -0.15) is 0 Å². The molecule has 0 saturated carbocycles. The van der Waals surface area contributed by atoms with Gasteiger partial charge >= 0.3 is 0 Å². The van der Waals surface area contributed by atoms with E-state index in [1.807, 2.05) is 13.8 Å². The lowest BCUT2D eigenvalue weighted by Crippen LogP contribution is -2.30. The molecule has 1 amide bonds. The maximum atomic E-state index is 12.0. The molecule has 0 saturated heterocycles. The molecule has 1 aromatic rings. The summed E-state index contributed by atoms with van der Waals surface area (Å²) in [6, 6.07) is 7.13. The van der Waals surface area contributed by atoms with Crippen molar-refractivity contribution >= 4 is 11.7 Å². The smallest absolute Gasteiger partial charge is 0.220 e. The van der Waals surface area contributed by atoms with Crippen molar-refractivity contribution in [3.63, 3.8) is 0 Å². The third kappa shape index (κ3) is 4.20. The maximum absolute atomic E-state index is 12.0. The molecule has 0 atom stereocenters. The highest BCUT2D eigenvalue weighted by Gasteiger charge is 2.13. The molecule has 98 valence electrons. The third-order valence-electron chi connectivity index (χ3n) is 2.44. The summed E-state index contributed by atoms with van der Waals surface area (Å²) >= 11 is 0. The average Bonchev–Trinajstić information content (AvgIpc) is 2.35. The monoisotopic (exact) mass is 249 g/mol. The minimum absolute atomic E-state index is 0.0774. The second-order valence-electron chi connectivity index (χ2n) is 4.35. The number of benzene rings is 1. The quantitative estimate of drug-likeness (QED) is 0.786. The first-order valence-corrected chi connectivity index (χ1v) is 6.00. The zero-order valence-corrected chi connectivity index (χ0v) is 11.0. The Hall–Kier alpha value is -1.84. The lowest BCUT2D eigenvalue weighted by atomic mass is 10.1. The van der Waals surface area contributed by atoms with E-state index in [-0.39, 0.29) is 30.6 Å². The van der Waals surface area contributed by atoms with Crippen molar-refractivity contribution in [2.75, 3.05) is 7.11 Å². The molecular formula is C14H19NO3. The van der Waals surface area contributed by atoms with Gasteiger partial charge in [0.05, 0.1) is 12.7 Å². The van der Waals surface area contributed by atoms with Crippen LogP contribution >= 0.6 is 0 Å². The van der Waals surface area contributed by atoms with Gasteiger partial charge in [-0.1, -0.05) is 12.1 Å². The van der Waals surface area contributed by atoms with E-state index in [1.54, 1.807) is 24.3 Å². The van der Waals surface area contributed by atoms with Crippen LogP contribution in [0.1, 0.15) is 37.0 Å². The van der Waals surface area contributed by atoms with Crippen LogP contribution in [0.3, 0.4) is 0 Å². The van der Waals surface area contributed by atoms with Gasteiger partial charge in [0.25, 0.3) is 0 Å².